The molecule has 3 atom stereocenters. The molecule has 0 aromatic carbocycles. The number of morpholine rings is 1. The van der Waals surface area contributed by atoms with Crippen LogP contribution < -0.4 is 0 Å². The second-order valence-corrected chi connectivity index (χ2v) is 8.24. The molecule has 0 amide bonds. The number of hydrogen-bond donors (Lipinski definition) is 1. The zero-order valence-electron chi connectivity index (χ0n) is 14.1. The molecule has 2 heterocycles. The summed E-state index contributed by atoms with van der Waals surface area (Å²) in [4.78, 5) is 2.41. The molecular formula is C16H31NO3. The molecule has 3 unspecified atom stereocenters. The van der Waals surface area contributed by atoms with Crippen molar-refractivity contribution in [2.45, 2.75) is 77.5 Å². The Bertz CT molecular complexity index is 365. The molecule has 4 nitrogen and oxygen atoms in total. The lowest BCUT2D eigenvalue weighted by atomic mass is 9.84. The molecule has 0 aliphatic carbocycles. The molecule has 118 valence electrons. The minimum absolute atomic E-state index is 0.123. The maximum atomic E-state index is 10.6. The van der Waals surface area contributed by atoms with Gasteiger partial charge in [0.15, 0.2) is 0 Å². The first-order chi connectivity index (χ1) is 8.93. The van der Waals surface area contributed by atoms with Crippen LogP contribution in [0.2, 0.25) is 0 Å². The van der Waals surface area contributed by atoms with E-state index in [1.807, 2.05) is 13.8 Å². The Balaban J connectivity index is 2.09. The zero-order chi connectivity index (χ0) is 15.3. The largest absolute Gasteiger partial charge is 0.390 e. The summed E-state index contributed by atoms with van der Waals surface area (Å²) in [6.07, 6.45) is -0.201. The smallest absolute Gasteiger partial charge is 0.0896 e. The third-order valence-corrected chi connectivity index (χ3v) is 4.61. The molecule has 0 radical (unpaired) electrons. The fraction of sp³-hybridized carbons (Fsp3) is 1.00. The van der Waals surface area contributed by atoms with Gasteiger partial charge in [-0.25, -0.2) is 0 Å². The van der Waals surface area contributed by atoms with E-state index in [-0.39, 0.29) is 23.2 Å². The highest BCUT2D eigenvalue weighted by molar-refractivity contribution is 5.03. The Morgan fingerprint density at radius 3 is 2.15 bits per heavy atom. The van der Waals surface area contributed by atoms with Crippen LogP contribution in [0.1, 0.15) is 48.5 Å². The van der Waals surface area contributed by atoms with Crippen LogP contribution >= 0.6 is 0 Å². The average molecular weight is 285 g/mol. The van der Waals surface area contributed by atoms with Gasteiger partial charge in [-0.3, -0.25) is 4.90 Å². The van der Waals surface area contributed by atoms with E-state index < -0.39 is 11.7 Å². The predicted molar refractivity (Wildman–Crippen MR) is 79.8 cm³/mol. The quantitative estimate of drug-likeness (QED) is 0.843. The molecule has 20 heavy (non-hydrogen) atoms. The molecule has 2 aliphatic rings. The lowest BCUT2D eigenvalue weighted by Crippen LogP contribution is -2.55. The predicted octanol–water partition coefficient (Wildman–Crippen LogP) is 2.05. The Kier molecular flexibility index (Phi) is 4.00. The maximum absolute atomic E-state index is 10.6. The topological polar surface area (TPSA) is 41.9 Å². The van der Waals surface area contributed by atoms with E-state index in [1.54, 1.807) is 0 Å². The molecule has 0 bridgehead atoms. The second kappa shape index (κ2) is 4.94. The molecule has 2 saturated heterocycles. The van der Waals surface area contributed by atoms with Crippen molar-refractivity contribution < 1.29 is 14.6 Å². The summed E-state index contributed by atoms with van der Waals surface area (Å²) >= 11 is 0. The first-order valence-electron chi connectivity index (χ1n) is 7.71. The SMILES string of the molecule is CC1CN(CC2C(O)C(C)(C)OC2(C)C)CC(C)(C)O1. The summed E-state index contributed by atoms with van der Waals surface area (Å²) in [5, 5.41) is 10.6. The van der Waals surface area contributed by atoms with Crippen molar-refractivity contribution in [3.8, 4) is 0 Å². The summed E-state index contributed by atoms with van der Waals surface area (Å²) in [6, 6.07) is 0. The molecular weight excluding hydrogens is 254 g/mol. The van der Waals surface area contributed by atoms with Gasteiger partial charge in [0.1, 0.15) is 0 Å². The Morgan fingerprint density at radius 2 is 1.70 bits per heavy atom. The second-order valence-electron chi connectivity index (χ2n) is 8.24. The molecule has 4 heteroatoms. The van der Waals surface area contributed by atoms with Crippen molar-refractivity contribution in [3.63, 3.8) is 0 Å². The summed E-state index contributed by atoms with van der Waals surface area (Å²) in [7, 11) is 0. The molecule has 1 N–H and O–H groups in total. The van der Waals surface area contributed by atoms with Crippen LogP contribution in [-0.4, -0.2) is 58.7 Å². The van der Waals surface area contributed by atoms with Gasteiger partial charge in [0.05, 0.1) is 29.0 Å². The third-order valence-electron chi connectivity index (χ3n) is 4.61. The van der Waals surface area contributed by atoms with Crippen molar-refractivity contribution in [3.05, 3.63) is 0 Å². The number of aliphatic hydroxyl groups excluding tert-OH is 1. The number of nitrogens with zero attached hydrogens (tertiary/aromatic N) is 1. The lowest BCUT2D eigenvalue weighted by molar-refractivity contribution is -0.136. The minimum Gasteiger partial charge on any atom is -0.390 e. The van der Waals surface area contributed by atoms with Gasteiger partial charge in [0, 0.05) is 25.6 Å². The standard InChI is InChI=1S/C16H31NO3/c1-11-8-17(10-14(2,3)19-11)9-12-13(18)16(6,7)20-15(12,4)5/h11-13,18H,8-10H2,1-7H3. The molecule has 0 spiro atoms. The van der Waals surface area contributed by atoms with Crippen molar-refractivity contribution in [2.24, 2.45) is 5.92 Å². The van der Waals surface area contributed by atoms with E-state index in [9.17, 15) is 5.11 Å². The van der Waals surface area contributed by atoms with Gasteiger partial charge in [-0.15, -0.1) is 0 Å². The number of hydrogen-bond acceptors (Lipinski definition) is 4. The Labute approximate surface area is 123 Å². The van der Waals surface area contributed by atoms with Crippen LogP contribution in [0.3, 0.4) is 0 Å². The molecule has 2 fully saturated rings. The summed E-state index contributed by atoms with van der Waals surface area (Å²) in [5.74, 6) is 0.124. The summed E-state index contributed by atoms with van der Waals surface area (Å²) < 4.78 is 12.0. The van der Waals surface area contributed by atoms with Crippen LogP contribution in [0.4, 0.5) is 0 Å². The first-order valence-corrected chi connectivity index (χ1v) is 7.71. The van der Waals surface area contributed by atoms with Crippen molar-refractivity contribution in [1.82, 2.24) is 4.90 Å². The van der Waals surface area contributed by atoms with Crippen LogP contribution in [0.5, 0.6) is 0 Å². The van der Waals surface area contributed by atoms with E-state index in [0.717, 1.165) is 19.6 Å². The maximum Gasteiger partial charge on any atom is 0.0896 e. The number of aliphatic hydroxyl groups is 1. The van der Waals surface area contributed by atoms with Gasteiger partial charge in [0.2, 0.25) is 0 Å². The van der Waals surface area contributed by atoms with Gasteiger partial charge < -0.3 is 14.6 Å². The fourth-order valence-electron chi connectivity index (χ4n) is 4.00. The fourth-order valence-corrected chi connectivity index (χ4v) is 4.00. The first kappa shape index (κ1) is 16.2. The van der Waals surface area contributed by atoms with Crippen LogP contribution in [-0.2, 0) is 9.47 Å². The van der Waals surface area contributed by atoms with Gasteiger partial charge in [-0.05, 0) is 48.5 Å². The number of rotatable bonds is 2. The highest BCUT2D eigenvalue weighted by Crippen LogP contribution is 2.43. The van der Waals surface area contributed by atoms with E-state index in [4.69, 9.17) is 9.47 Å². The molecule has 0 aromatic heterocycles. The highest BCUT2D eigenvalue weighted by atomic mass is 16.5. The molecule has 0 saturated carbocycles. The van der Waals surface area contributed by atoms with Crippen LogP contribution in [0.15, 0.2) is 0 Å². The van der Waals surface area contributed by atoms with E-state index in [0.29, 0.717) is 0 Å². The summed E-state index contributed by atoms with van der Waals surface area (Å²) in [5.41, 5.74) is -0.891. The Hall–Kier alpha value is -0.160. The summed E-state index contributed by atoms with van der Waals surface area (Å²) in [6.45, 7) is 17.2. The van der Waals surface area contributed by atoms with Gasteiger partial charge in [-0.1, -0.05) is 0 Å². The van der Waals surface area contributed by atoms with Gasteiger partial charge >= 0.3 is 0 Å². The zero-order valence-corrected chi connectivity index (χ0v) is 14.1. The Morgan fingerprint density at radius 1 is 1.10 bits per heavy atom. The highest BCUT2D eigenvalue weighted by Gasteiger charge is 2.53. The van der Waals surface area contributed by atoms with Crippen LogP contribution in [0.25, 0.3) is 0 Å². The van der Waals surface area contributed by atoms with Crippen molar-refractivity contribution in [1.29, 1.82) is 0 Å². The molecule has 2 aliphatic heterocycles. The number of ether oxygens (including phenoxy) is 2. The van der Waals surface area contributed by atoms with E-state index in [1.165, 1.54) is 0 Å². The normalized spacial score (nSPS) is 39.9. The van der Waals surface area contributed by atoms with Crippen molar-refractivity contribution in [2.75, 3.05) is 19.6 Å². The monoisotopic (exact) mass is 285 g/mol. The average Bonchev–Trinajstić information content (AvgIpc) is 2.33. The lowest BCUT2D eigenvalue weighted by Gasteiger charge is -2.44. The van der Waals surface area contributed by atoms with Crippen LogP contribution in [0, 0.1) is 5.92 Å². The van der Waals surface area contributed by atoms with Crippen molar-refractivity contribution >= 4 is 0 Å². The van der Waals surface area contributed by atoms with Gasteiger partial charge in [-0.2, -0.15) is 0 Å². The third kappa shape index (κ3) is 3.19. The van der Waals surface area contributed by atoms with E-state index in [2.05, 4.69) is 39.5 Å². The van der Waals surface area contributed by atoms with Gasteiger partial charge in [0.25, 0.3) is 0 Å². The molecule has 2 rings (SSSR count). The molecule has 0 aromatic rings. The minimum atomic E-state index is -0.471. The van der Waals surface area contributed by atoms with E-state index >= 15 is 0 Å².